The summed E-state index contributed by atoms with van der Waals surface area (Å²) < 4.78 is 22.9. The zero-order valence-corrected chi connectivity index (χ0v) is 11.8. The van der Waals surface area contributed by atoms with E-state index in [2.05, 4.69) is 0 Å². The van der Waals surface area contributed by atoms with Gasteiger partial charge in [-0.1, -0.05) is 0 Å². The fourth-order valence-electron chi connectivity index (χ4n) is 3.67. The lowest BCUT2D eigenvalue weighted by atomic mass is 9.98. The highest BCUT2D eigenvalue weighted by Gasteiger charge is 2.46. The third-order valence-electron chi connectivity index (χ3n) is 4.51. The molecule has 3 saturated heterocycles. The molecule has 3 heterocycles. The number of piperidine rings is 1. The van der Waals surface area contributed by atoms with Gasteiger partial charge >= 0.3 is 0 Å². The molecule has 0 N–H and O–H groups in total. The number of sulfone groups is 1. The molecule has 102 valence electrons. The van der Waals surface area contributed by atoms with Crippen LogP contribution in [0, 0.1) is 5.92 Å². The summed E-state index contributed by atoms with van der Waals surface area (Å²) in [5, 5.41) is 0.180. The van der Waals surface area contributed by atoms with Crippen LogP contribution in [-0.4, -0.2) is 48.2 Å². The minimum absolute atomic E-state index is 0.0477. The first kappa shape index (κ1) is 12.7. The van der Waals surface area contributed by atoms with Crippen LogP contribution in [0.3, 0.4) is 0 Å². The molecular weight excluding hydrogens is 274 g/mol. The van der Waals surface area contributed by atoms with Gasteiger partial charge in [0.2, 0.25) is 5.91 Å². The van der Waals surface area contributed by atoms with E-state index in [4.69, 9.17) is 11.6 Å². The minimum atomic E-state index is -2.98. The minimum Gasteiger partial charge on any atom is -0.336 e. The van der Waals surface area contributed by atoms with E-state index in [1.807, 2.05) is 4.90 Å². The van der Waals surface area contributed by atoms with E-state index >= 15 is 0 Å². The van der Waals surface area contributed by atoms with Gasteiger partial charge in [0.1, 0.15) is 0 Å². The highest BCUT2D eigenvalue weighted by atomic mass is 35.5. The number of carbonyl (C=O) groups excluding carboxylic acids is 1. The molecule has 1 amide bonds. The quantitative estimate of drug-likeness (QED) is 0.682. The van der Waals surface area contributed by atoms with E-state index < -0.39 is 9.84 Å². The number of halogens is 1. The van der Waals surface area contributed by atoms with Gasteiger partial charge in [0.05, 0.1) is 17.4 Å². The number of alkyl halides is 1. The Balaban J connectivity index is 1.74. The van der Waals surface area contributed by atoms with Crippen molar-refractivity contribution in [2.45, 2.75) is 49.6 Å². The maximum absolute atomic E-state index is 12.5. The Labute approximate surface area is 113 Å². The Morgan fingerprint density at radius 2 is 1.72 bits per heavy atom. The molecule has 3 aliphatic heterocycles. The number of fused-ring (bicyclic) bond motifs is 2. The molecule has 0 aromatic rings. The van der Waals surface area contributed by atoms with Gasteiger partial charge in [0.15, 0.2) is 9.84 Å². The molecule has 0 radical (unpaired) electrons. The van der Waals surface area contributed by atoms with Gasteiger partial charge in [-0.3, -0.25) is 4.79 Å². The summed E-state index contributed by atoms with van der Waals surface area (Å²) in [5.74, 6) is -0.0197. The molecule has 18 heavy (non-hydrogen) atoms. The van der Waals surface area contributed by atoms with Crippen molar-refractivity contribution >= 4 is 27.3 Å². The molecule has 0 aromatic heterocycles. The molecule has 0 saturated carbocycles. The lowest BCUT2D eigenvalue weighted by Crippen LogP contribution is -2.49. The molecule has 3 rings (SSSR count). The molecular formula is C12H18ClNO3S. The smallest absolute Gasteiger partial charge is 0.227 e. The molecule has 3 fully saturated rings. The highest BCUT2D eigenvalue weighted by Crippen LogP contribution is 2.39. The maximum Gasteiger partial charge on any atom is 0.227 e. The van der Waals surface area contributed by atoms with E-state index in [-0.39, 0.29) is 40.8 Å². The summed E-state index contributed by atoms with van der Waals surface area (Å²) in [7, 11) is -2.98. The van der Waals surface area contributed by atoms with E-state index in [1.54, 1.807) is 0 Å². The lowest BCUT2D eigenvalue weighted by Gasteiger charge is -2.38. The van der Waals surface area contributed by atoms with Crippen LogP contribution in [0.4, 0.5) is 0 Å². The zero-order chi connectivity index (χ0) is 12.9. The summed E-state index contributed by atoms with van der Waals surface area (Å²) in [5.41, 5.74) is 0. The predicted octanol–water partition coefficient (Wildman–Crippen LogP) is 1.18. The maximum atomic E-state index is 12.5. The van der Waals surface area contributed by atoms with Crippen LogP contribution in [0.5, 0.6) is 0 Å². The van der Waals surface area contributed by atoms with Gasteiger partial charge in [0, 0.05) is 17.5 Å². The zero-order valence-electron chi connectivity index (χ0n) is 10.2. The molecule has 0 aliphatic carbocycles. The average Bonchev–Trinajstić information content (AvgIpc) is 2.77. The molecule has 3 atom stereocenters. The van der Waals surface area contributed by atoms with Crippen molar-refractivity contribution in [2.75, 3.05) is 11.5 Å². The predicted molar refractivity (Wildman–Crippen MR) is 69.3 cm³/mol. The fourth-order valence-corrected chi connectivity index (χ4v) is 5.81. The third kappa shape index (κ3) is 2.16. The molecule has 6 heteroatoms. The topological polar surface area (TPSA) is 54.5 Å². The van der Waals surface area contributed by atoms with E-state index in [0.717, 1.165) is 25.7 Å². The summed E-state index contributed by atoms with van der Waals surface area (Å²) >= 11 is 6.19. The monoisotopic (exact) mass is 291 g/mol. The van der Waals surface area contributed by atoms with Crippen LogP contribution in [0.1, 0.15) is 32.1 Å². The lowest BCUT2D eigenvalue weighted by molar-refractivity contribution is -0.139. The van der Waals surface area contributed by atoms with Gasteiger partial charge in [-0.15, -0.1) is 11.6 Å². The van der Waals surface area contributed by atoms with Crippen molar-refractivity contribution in [1.29, 1.82) is 0 Å². The number of nitrogens with zero attached hydrogens (tertiary/aromatic N) is 1. The van der Waals surface area contributed by atoms with Crippen LogP contribution in [0.15, 0.2) is 0 Å². The van der Waals surface area contributed by atoms with Gasteiger partial charge < -0.3 is 4.90 Å². The largest absolute Gasteiger partial charge is 0.336 e. The standard InChI is InChI=1S/C12H18ClNO3S/c13-9-5-10-1-2-11(6-9)14(10)12(15)8-3-4-18(16,17)7-8/h8-11H,1-7H2. The third-order valence-corrected chi connectivity index (χ3v) is 6.64. The summed E-state index contributed by atoms with van der Waals surface area (Å²) in [6.07, 6.45) is 4.28. The highest BCUT2D eigenvalue weighted by molar-refractivity contribution is 7.91. The Kier molecular flexibility index (Phi) is 3.09. The van der Waals surface area contributed by atoms with Crippen molar-refractivity contribution in [3.8, 4) is 0 Å². The Bertz CT molecular complexity index is 450. The van der Waals surface area contributed by atoms with Crippen molar-refractivity contribution in [3.05, 3.63) is 0 Å². The van der Waals surface area contributed by atoms with Gasteiger partial charge in [0.25, 0.3) is 0 Å². The second-order valence-corrected chi connectivity index (χ2v) is 8.65. The van der Waals surface area contributed by atoms with Crippen LogP contribution in [0.25, 0.3) is 0 Å². The molecule has 2 bridgehead atoms. The van der Waals surface area contributed by atoms with Gasteiger partial charge in [-0.05, 0) is 32.1 Å². The van der Waals surface area contributed by atoms with Crippen LogP contribution in [-0.2, 0) is 14.6 Å². The molecule has 3 aliphatic rings. The average molecular weight is 292 g/mol. The Morgan fingerprint density at radius 1 is 1.11 bits per heavy atom. The number of hydrogen-bond donors (Lipinski definition) is 0. The van der Waals surface area contributed by atoms with Crippen LogP contribution >= 0.6 is 11.6 Å². The number of amides is 1. The van der Waals surface area contributed by atoms with Crippen molar-refractivity contribution < 1.29 is 13.2 Å². The fraction of sp³-hybridized carbons (Fsp3) is 0.917. The Hall–Kier alpha value is -0.290. The molecule has 0 aromatic carbocycles. The molecule has 4 nitrogen and oxygen atoms in total. The SMILES string of the molecule is O=C(C1CCS(=O)(=O)C1)N1C2CCC1CC(Cl)C2. The summed E-state index contributed by atoms with van der Waals surface area (Å²) in [6, 6.07) is 0.504. The van der Waals surface area contributed by atoms with Crippen LogP contribution in [0.2, 0.25) is 0 Å². The summed E-state index contributed by atoms with van der Waals surface area (Å²) in [4.78, 5) is 14.4. The normalized spacial score (nSPS) is 42.2. The molecule has 0 spiro atoms. The van der Waals surface area contributed by atoms with Crippen molar-refractivity contribution in [3.63, 3.8) is 0 Å². The first-order valence-corrected chi connectivity index (χ1v) is 8.89. The number of hydrogen-bond acceptors (Lipinski definition) is 3. The first-order chi connectivity index (χ1) is 8.46. The van der Waals surface area contributed by atoms with E-state index in [9.17, 15) is 13.2 Å². The first-order valence-electron chi connectivity index (χ1n) is 6.63. The second kappa shape index (κ2) is 4.37. The molecule has 3 unspecified atom stereocenters. The van der Waals surface area contributed by atoms with Gasteiger partial charge in [-0.2, -0.15) is 0 Å². The van der Waals surface area contributed by atoms with Crippen molar-refractivity contribution in [2.24, 2.45) is 5.92 Å². The van der Waals surface area contributed by atoms with Gasteiger partial charge in [-0.25, -0.2) is 8.42 Å². The van der Waals surface area contributed by atoms with E-state index in [1.165, 1.54) is 0 Å². The Morgan fingerprint density at radius 3 is 2.22 bits per heavy atom. The second-order valence-electron chi connectivity index (χ2n) is 5.80. The number of rotatable bonds is 1. The van der Waals surface area contributed by atoms with E-state index in [0.29, 0.717) is 6.42 Å². The van der Waals surface area contributed by atoms with Crippen LogP contribution < -0.4 is 0 Å². The number of carbonyl (C=O) groups is 1. The van der Waals surface area contributed by atoms with Crippen molar-refractivity contribution in [1.82, 2.24) is 4.90 Å². The summed E-state index contributed by atoms with van der Waals surface area (Å²) in [6.45, 7) is 0.